The lowest BCUT2D eigenvalue weighted by atomic mass is 9.67. The smallest absolute Gasteiger partial charge is 0.0582 e. The molecule has 1 aromatic carbocycles. The minimum Gasteiger partial charge on any atom is -0.316 e. The van der Waals surface area contributed by atoms with Crippen LogP contribution in [-0.2, 0) is 6.42 Å². The van der Waals surface area contributed by atoms with Gasteiger partial charge in [0.1, 0.15) is 0 Å². The van der Waals surface area contributed by atoms with Crippen molar-refractivity contribution in [3.8, 4) is 0 Å². The summed E-state index contributed by atoms with van der Waals surface area (Å²) in [6.07, 6.45) is 2.36. The number of rotatable bonds is 0. The van der Waals surface area contributed by atoms with E-state index in [1.807, 2.05) is 0 Å². The van der Waals surface area contributed by atoms with E-state index >= 15 is 0 Å². The maximum absolute atomic E-state index is 6.38. The Balaban J connectivity index is 2.14. The van der Waals surface area contributed by atoms with Crippen LogP contribution in [0, 0.1) is 5.41 Å². The van der Waals surface area contributed by atoms with Gasteiger partial charge in [-0.2, -0.15) is 0 Å². The maximum atomic E-state index is 6.38. The van der Waals surface area contributed by atoms with Crippen molar-refractivity contribution in [2.24, 2.45) is 5.41 Å². The quantitative estimate of drug-likeness (QED) is 0.769. The highest BCUT2D eigenvalue weighted by molar-refractivity contribution is 9.10. The van der Waals surface area contributed by atoms with Crippen molar-refractivity contribution in [3.63, 3.8) is 0 Å². The van der Waals surface area contributed by atoms with Gasteiger partial charge in [-0.1, -0.05) is 24.6 Å². The van der Waals surface area contributed by atoms with E-state index in [1.165, 1.54) is 17.5 Å². The molecule has 1 N–H and O–H groups in total. The molecule has 1 aliphatic carbocycles. The molecule has 3 rings (SSSR count). The van der Waals surface area contributed by atoms with E-state index in [4.69, 9.17) is 11.6 Å². The SMILES string of the molecule is C[C@]12CCc3c(ccc(Br)c3Cl)[C@@H]1CNC2. The molecule has 1 saturated heterocycles. The summed E-state index contributed by atoms with van der Waals surface area (Å²) in [5, 5.41) is 4.45. The molecule has 0 aromatic heterocycles. The van der Waals surface area contributed by atoms with E-state index in [0.29, 0.717) is 11.3 Å². The van der Waals surface area contributed by atoms with Crippen LogP contribution in [-0.4, -0.2) is 13.1 Å². The van der Waals surface area contributed by atoms with Gasteiger partial charge in [0.05, 0.1) is 5.02 Å². The molecule has 0 amide bonds. The predicted octanol–water partition coefficient (Wildman–Crippen LogP) is 3.74. The van der Waals surface area contributed by atoms with Crippen molar-refractivity contribution in [3.05, 3.63) is 32.8 Å². The molecule has 0 unspecified atom stereocenters. The molecule has 16 heavy (non-hydrogen) atoms. The molecule has 1 aliphatic heterocycles. The molecular formula is C13H15BrClN. The highest BCUT2D eigenvalue weighted by Gasteiger charge is 2.43. The molecule has 0 bridgehead atoms. The van der Waals surface area contributed by atoms with Crippen LogP contribution in [0.15, 0.2) is 16.6 Å². The summed E-state index contributed by atoms with van der Waals surface area (Å²) in [5.74, 6) is 0.641. The zero-order valence-electron chi connectivity index (χ0n) is 9.32. The van der Waals surface area contributed by atoms with E-state index in [2.05, 4.69) is 40.3 Å². The Morgan fingerprint density at radius 1 is 1.50 bits per heavy atom. The van der Waals surface area contributed by atoms with E-state index < -0.39 is 0 Å². The number of nitrogens with one attached hydrogen (secondary N) is 1. The van der Waals surface area contributed by atoms with Gasteiger partial charge in [0.25, 0.3) is 0 Å². The van der Waals surface area contributed by atoms with E-state index in [-0.39, 0.29) is 0 Å². The van der Waals surface area contributed by atoms with Gasteiger partial charge >= 0.3 is 0 Å². The first-order valence-corrected chi connectivity index (χ1v) is 6.96. The van der Waals surface area contributed by atoms with Gasteiger partial charge in [-0.3, -0.25) is 0 Å². The predicted molar refractivity (Wildman–Crippen MR) is 71.2 cm³/mol. The zero-order chi connectivity index (χ0) is 11.3. The van der Waals surface area contributed by atoms with Gasteiger partial charge in [0.15, 0.2) is 0 Å². The number of hydrogen-bond acceptors (Lipinski definition) is 1. The van der Waals surface area contributed by atoms with Crippen LogP contribution in [0.1, 0.15) is 30.4 Å². The van der Waals surface area contributed by atoms with Crippen molar-refractivity contribution in [1.29, 1.82) is 0 Å². The first kappa shape index (κ1) is 11.1. The Kier molecular flexibility index (Phi) is 2.58. The molecule has 2 aliphatic rings. The van der Waals surface area contributed by atoms with E-state index in [9.17, 15) is 0 Å². The number of hydrogen-bond donors (Lipinski definition) is 1. The summed E-state index contributed by atoms with van der Waals surface area (Å²) in [5.41, 5.74) is 3.26. The summed E-state index contributed by atoms with van der Waals surface area (Å²) in [4.78, 5) is 0. The van der Waals surface area contributed by atoms with Crippen LogP contribution < -0.4 is 5.32 Å². The molecule has 1 aromatic rings. The third-order valence-corrected chi connectivity index (χ3v) is 5.59. The molecular weight excluding hydrogens is 286 g/mol. The van der Waals surface area contributed by atoms with Gasteiger partial charge in [0.2, 0.25) is 0 Å². The molecule has 1 nitrogen and oxygen atoms in total. The van der Waals surface area contributed by atoms with Gasteiger partial charge < -0.3 is 5.32 Å². The minimum atomic E-state index is 0.435. The van der Waals surface area contributed by atoms with E-state index in [0.717, 1.165) is 29.0 Å². The average Bonchev–Trinajstić information content (AvgIpc) is 2.65. The standard InChI is InChI=1S/C13H15BrClN/c1-13-5-4-9-8(10(13)6-16-7-13)2-3-11(14)12(9)15/h2-3,10,16H,4-7H2,1H3/t10-,13+/m0/s1. The molecule has 3 heteroatoms. The fourth-order valence-electron chi connectivity index (χ4n) is 3.22. The van der Waals surface area contributed by atoms with Crippen LogP contribution in [0.25, 0.3) is 0 Å². The third kappa shape index (κ3) is 1.47. The highest BCUT2D eigenvalue weighted by atomic mass is 79.9. The first-order valence-electron chi connectivity index (χ1n) is 5.79. The molecule has 86 valence electrons. The second-order valence-corrected chi connectivity index (χ2v) is 6.50. The average molecular weight is 301 g/mol. The van der Waals surface area contributed by atoms with Gasteiger partial charge in [-0.25, -0.2) is 0 Å². The topological polar surface area (TPSA) is 12.0 Å². The van der Waals surface area contributed by atoms with Crippen LogP contribution in [0.5, 0.6) is 0 Å². The van der Waals surface area contributed by atoms with Crippen molar-refractivity contribution >= 4 is 27.5 Å². The molecule has 1 fully saturated rings. The van der Waals surface area contributed by atoms with Crippen molar-refractivity contribution in [2.45, 2.75) is 25.7 Å². The van der Waals surface area contributed by atoms with Crippen molar-refractivity contribution in [1.82, 2.24) is 5.32 Å². The van der Waals surface area contributed by atoms with E-state index in [1.54, 1.807) is 0 Å². The summed E-state index contributed by atoms with van der Waals surface area (Å²) < 4.78 is 1.03. The van der Waals surface area contributed by atoms with Gasteiger partial charge in [0, 0.05) is 23.5 Å². The lowest BCUT2D eigenvalue weighted by Gasteiger charge is -2.37. The largest absolute Gasteiger partial charge is 0.316 e. The van der Waals surface area contributed by atoms with Crippen LogP contribution >= 0.6 is 27.5 Å². The van der Waals surface area contributed by atoms with Crippen molar-refractivity contribution < 1.29 is 0 Å². The van der Waals surface area contributed by atoms with Gasteiger partial charge in [-0.05, 0) is 51.4 Å². The van der Waals surface area contributed by atoms with Crippen LogP contribution in [0.2, 0.25) is 5.02 Å². The van der Waals surface area contributed by atoms with Crippen LogP contribution in [0.4, 0.5) is 0 Å². The summed E-state index contributed by atoms with van der Waals surface area (Å²) in [6.45, 7) is 4.64. The monoisotopic (exact) mass is 299 g/mol. The Labute approximate surface area is 110 Å². The van der Waals surface area contributed by atoms with Crippen LogP contribution in [0.3, 0.4) is 0 Å². The molecule has 0 radical (unpaired) electrons. The summed E-state index contributed by atoms with van der Waals surface area (Å²) in [7, 11) is 0. The minimum absolute atomic E-state index is 0.435. The number of halogens is 2. The Morgan fingerprint density at radius 3 is 3.12 bits per heavy atom. The Bertz CT molecular complexity index is 446. The van der Waals surface area contributed by atoms with Gasteiger partial charge in [-0.15, -0.1) is 0 Å². The Hall–Kier alpha value is -0.0500. The normalized spacial score (nSPS) is 32.3. The maximum Gasteiger partial charge on any atom is 0.0582 e. The molecule has 0 saturated carbocycles. The lowest BCUT2D eigenvalue weighted by molar-refractivity contribution is 0.277. The lowest BCUT2D eigenvalue weighted by Crippen LogP contribution is -2.30. The fraction of sp³-hybridized carbons (Fsp3) is 0.538. The number of benzene rings is 1. The summed E-state index contributed by atoms with van der Waals surface area (Å²) >= 11 is 9.89. The molecule has 0 spiro atoms. The molecule has 1 heterocycles. The fourth-order valence-corrected chi connectivity index (χ4v) is 3.86. The number of fused-ring (bicyclic) bond motifs is 3. The highest BCUT2D eigenvalue weighted by Crippen LogP contribution is 2.49. The molecule has 2 atom stereocenters. The summed E-state index contributed by atoms with van der Waals surface area (Å²) in [6, 6.07) is 4.34. The Morgan fingerprint density at radius 2 is 2.31 bits per heavy atom. The van der Waals surface area contributed by atoms with Crippen molar-refractivity contribution in [2.75, 3.05) is 13.1 Å². The first-order chi connectivity index (χ1) is 7.62. The zero-order valence-corrected chi connectivity index (χ0v) is 11.7. The second kappa shape index (κ2) is 3.72. The second-order valence-electron chi connectivity index (χ2n) is 5.27. The third-order valence-electron chi connectivity index (χ3n) is 4.27.